The quantitative estimate of drug-likeness (QED) is 0.532. The number of nitrogens with one attached hydrogen (secondary N) is 1. The van der Waals surface area contributed by atoms with Gasteiger partial charge in [0.1, 0.15) is 6.33 Å². The lowest BCUT2D eigenvalue weighted by Crippen LogP contribution is -2.12. The Bertz CT molecular complexity index is 1030. The molecule has 0 spiro atoms. The zero-order valence-electron chi connectivity index (χ0n) is 15.0. The molecular weight excluding hydrogens is 366 g/mol. The van der Waals surface area contributed by atoms with Crippen LogP contribution in [-0.4, -0.2) is 25.6 Å². The highest BCUT2D eigenvalue weighted by Gasteiger charge is 2.20. The first-order valence-electron chi connectivity index (χ1n) is 8.04. The number of aryl methyl sites for hydroxylation is 3. The molecule has 138 valence electrons. The van der Waals surface area contributed by atoms with Crippen LogP contribution in [-0.2, 0) is 7.05 Å². The maximum absolute atomic E-state index is 12.5. The Morgan fingerprint density at radius 2 is 1.96 bits per heavy atom. The molecule has 1 N–H and O–H groups in total. The maximum Gasteiger partial charge on any atom is 0.284 e. The maximum atomic E-state index is 12.5. The summed E-state index contributed by atoms with van der Waals surface area (Å²) in [5.41, 5.74) is 2.87. The Balaban J connectivity index is 1.86. The van der Waals surface area contributed by atoms with E-state index in [1.165, 1.54) is 12.4 Å². The van der Waals surface area contributed by atoms with Crippen LogP contribution in [0.2, 0.25) is 0 Å². The molecule has 0 saturated heterocycles. The molecule has 3 aromatic rings. The monoisotopic (exact) mass is 383 g/mol. The number of anilines is 1. The fourth-order valence-electron chi connectivity index (χ4n) is 2.37. The fraction of sp³-hybridized carbons (Fsp3) is 0.167. The lowest BCUT2D eigenvalue weighted by atomic mass is 10.1. The topological polar surface area (TPSA) is 103 Å². The molecule has 9 heteroatoms. The van der Waals surface area contributed by atoms with Crippen molar-refractivity contribution in [1.29, 1.82) is 0 Å². The Hall–Kier alpha value is -3.20. The zero-order chi connectivity index (χ0) is 19.6. The molecule has 0 bridgehead atoms. The van der Waals surface area contributed by atoms with Crippen LogP contribution >= 0.6 is 11.8 Å². The molecule has 0 saturated carbocycles. The van der Waals surface area contributed by atoms with E-state index in [9.17, 15) is 14.9 Å². The van der Waals surface area contributed by atoms with Gasteiger partial charge in [-0.15, -0.1) is 10.2 Å². The van der Waals surface area contributed by atoms with Crippen molar-refractivity contribution in [2.45, 2.75) is 23.9 Å². The Morgan fingerprint density at radius 3 is 2.59 bits per heavy atom. The first kappa shape index (κ1) is 18.6. The Labute approximate surface area is 159 Å². The van der Waals surface area contributed by atoms with Gasteiger partial charge in [0, 0.05) is 24.4 Å². The summed E-state index contributed by atoms with van der Waals surface area (Å²) in [6, 6.07) is 9.95. The average molecular weight is 383 g/mol. The highest BCUT2D eigenvalue weighted by molar-refractivity contribution is 7.99. The van der Waals surface area contributed by atoms with Crippen LogP contribution in [0.5, 0.6) is 0 Å². The molecule has 0 atom stereocenters. The number of carbonyl (C=O) groups is 1. The SMILES string of the molecule is Cc1ccc(NC(=O)c2ccc(Sc3nncn3C)c([N+](=O)[O-])c2)cc1C. The number of amides is 1. The van der Waals surface area contributed by atoms with Gasteiger partial charge in [0.25, 0.3) is 11.6 Å². The van der Waals surface area contributed by atoms with Crippen molar-refractivity contribution in [3.05, 3.63) is 69.5 Å². The van der Waals surface area contributed by atoms with Gasteiger partial charge in [-0.2, -0.15) is 0 Å². The second kappa shape index (κ2) is 7.58. The number of hydrogen-bond acceptors (Lipinski definition) is 6. The van der Waals surface area contributed by atoms with Crippen molar-refractivity contribution in [3.8, 4) is 0 Å². The van der Waals surface area contributed by atoms with Gasteiger partial charge in [0.2, 0.25) is 0 Å². The summed E-state index contributed by atoms with van der Waals surface area (Å²) in [4.78, 5) is 23.8. The summed E-state index contributed by atoms with van der Waals surface area (Å²) in [5, 5.41) is 22.4. The van der Waals surface area contributed by atoms with Gasteiger partial charge in [-0.1, -0.05) is 6.07 Å². The molecule has 0 unspecified atom stereocenters. The number of carbonyl (C=O) groups excluding carboxylic acids is 1. The normalized spacial score (nSPS) is 10.6. The van der Waals surface area contributed by atoms with Crippen LogP contribution in [0.3, 0.4) is 0 Å². The summed E-state index contributed by atoms with van der Waals surface area (Å²) >= 11 is 1.12. The third-order valence-corrected chi connectivity index (χ3v) is 5.17. The largest absolute Gasteiger partial charge is 0.322 e. The van der Waals surface area contributed by atoms with Crippen molar-refractivity contribution in [3.63, 3.8) is 0 Å². The lowest BCUT2D eigenvalue weighted by molar-refractivity contribution is -0.387. The van der Waals surface area contributed by atoms with Crippen LogP contribution < -0.4 is 5.32 Å². The van der Waals surface area contributed by atoms with Crippen molar-refractivity contribution in [2.24, 2.45) is 7.05 Å². The summed E-state index contributed by atoms with van der Waals surface area (Å²) in [7, 11) is 1.75. The molecule has 0 radical (unpaired) electrons. The Kier molecular flexibility index (Phi) is 5.22. The third kappa shape index (κ3) is 4.14. The minimum Gasteiger partial charge on any atom is -0.322 e. The summed E-state index contributed by atoms with van der Waals surface area (Å²) < 4.78 is 1.66. The molecule has 8 nitrogen and oxygen atoms in total. The highest BCUT2D eigenvalue weighted by Crippen LogP contribution is 2.34. The van der Waals surface area contributed by atoms with E-state index in [0.717, 1.165) is 22.9 Å². The summed E-state index contributed by atoms with van der Waals surface area (Å²) in [6.07, 6.45) is 1.51. The van der Waals surface area contributed by atoms with Crippen molar-refractivity contribution >= 4 is 29.0 Å². The van der Waals surface area contributed by atoms with Gasteiger partial charge in [-0.05, 0) is 61.0 Å². The highest BCUT2D eigenvalue weighted by atomic mass is 32.2. The third-order valence-electron chi connectivity index (χ3n) is 4.05. The number of hydrogen-bond donors (Lipinski definition) is 1. The van der Waals surface area contributed by atoms with Crippen LogP contribution in [0.1, 0.15) is 21.5 Å². The van der Waals surface area contributed by atoms with E-state index < -0.39 is 10.8 Å². The number of aromatic nitrogens is 3. The molecule has 0 aliphatic heterocycles. The van der Waals surface area contributed by atoms with E-state index in [-0.39, 0.29) is 11.3 Å². The molecule has 27 heavy (non-hydrogen) atoms. The van der Waals surface area contributed by atoms with Crippen molar-refractivity contribution in [1.82, 2.24) is 14.8 Å². The summed E-state index contributed by atoms with van der Waals surface area (Å²) in [6.45, 7) is 3.94. The number of nitro benzene ring substituents is 1. The summed E-state index contributed by atoms with van der Waals surface area (Å²) in [5.74, 6) is -0.406. The van der Waals surface area contributed by atoms with E-state index in [1.54, 1.807) is 29.8 Å². The smallest absolute Gasteiger partial charge is 0.284 e. The van der Waals surface area contributed by atoms with Gasteiger partial charge in [0.15, 0.2) is 5.16 Å². The molecule has 1 heterocycles. The molecule has 0 aliphatic rings. The van der Waals surface area contributed by atoms with E-state index >= 15 is 0 Å². The standard InChI is InChI=1S/C18H17N5O3S/c1-11-4-6-14(8-12(11)2)20-17(24)13-5-7-16(15(9-13)23(25)26)27-18-21-19-10-22(18)3/h4-10H,1-3H3,(H,20,24). The van der Waals surface area contributed by atoms with Gasteiger partial charge < -0.3 is 9.88 Å². The van der Waals surface area contributed by atoms with Crippen LogP contribution in [0.25, 0.3) is 0 Å². The zero-order valence-corrected chi connectivity index (χ0v) is 15.8. The van der Waals surface area contributed by atoms with Gasteiger partial charge in [-0.3, -0.25) is 14.9 Å². The lowest BCUT2D eigenvalue weighted by Gasteiger charge is -2.09. The van der Waals surface area contributed by atoms with Crippen LogP contribution in [0.4, 0.5) is 11.4 Å². The molecule has 1 aromatic heterocycles. The Morgan fingerprint density at radius 1 is 1.19 bits per heavy atom. The predicted molar refractivity (Wildman–Crippen MR) is 102 cm³/mol. The van der Waals surface area contributed by atoms with E-state index in [0.29, 0.717) is 15.7 Å². The van der Waals surface area contributed by atoms with E-state index in [4.69, 9.17) is 0 Å². The minimum atomic E-state index is -0.508. The van der Waals surface area contributed by atoms with Crippen LogP contribution in [0.15, 0.2) is 52.8 Å². The average Bonchev–Trinajstić information content (AvgIpc) is 3.03. The molecule has 0 aliphatic carbocycles. The van der Waals surface area contributed by atoms with Gasteiger partial charge >= 0.3 is 0 Å². The fourth-order valence-corrected chi connectivity index (χ4v) is 3.22. The molecule has 0 fully saturated rings. The van der Waals surface area contributed by atoms with Crippen LogP contribution in [0, 0.1) is 24.0 Å². The van der Waals surface area contributed by atoms with Crippen molar-refractivity contribution < 1.29 is 9.72 Å². The minimum absolute atomic E-state index is 0.157. The first-order valence-corrected chi connectivity index (χ1v) is 8.85. The number of nitro groups is 1. The number of rotatable bonds is 5. The van der Waals surface area contributed by atoms with E-state index in [2.05, 4.69) is 15.5 Å². The molecular formula is C18H17N5O3S. The van der Waals surface area contributed by atoms with Gasteiger partial charge in [-0.25, -0.2) is 0 Å². The molecule has 1 amide bonds. The molecule has 3 rings (SSSR count). The second-order valence-corrected chi connectivity index (χ2v) is 7.03. The number of benzene rings is 2. The van der Waals surface area contributed by atoms with E-state index in [1.807, 2.05) is 26.0 Å². The number of nitrogens with zero attached hydrogens (tertiary/aromatic N) is 4. The molecule has 2 aromatic carbocycles. The predicted octanol–water partition coefficient (Wildman–Crippen LogP) is 3.74. The van der Waals surface area contributed by atoms with Crippen molar-refractivity contribution in [2.75, 3.05) is 5.32 Å². The van der Waals surface area contributed by atoms with Gasteiger partial charge in [0.05, 0.1) is 9.82 Å². The first-order chi connectivity index (χ1) is 12.8. The second-order valence-electron chi connectivity index (χ2n) is 6.02.